The Balaban J connectivity index is 0. The Bertz CT molecular complexity index is 3400. The number of fused-ring (bicyclic) bond motifs is 3. The number of imidazole rings is 1. The normalized spacial score (nSPS) is 27.0. The summed E-state index contributed by atoms with van der Waals surface area (Å²) in [5.74, 6) is 22.2. The van der Waals surface area contributed by atoms with Gasteiger partial charge in [-0.05, 0) is 83.9 Å². The van der Waals surface area contributed by atoms with E-state index in [4.69, 9.17) is 42.8 Å². The number of esters is 1. The summed E-state index contributed by atoms with van der Waals surface area (Å²) in [6.45, 7) is -4.83. The molecule has 0 spiro atoms. The van der Waals surface area contributed by atoms with E-state index in [0.29, 0.717) is 27.3 Å². The van der Waals surface area contributed by atoms with E-state index in [-0.39, 0.29) is 46.9 Å². The monoisotopic (exact) mass is 1030 g/mol. The predicted octanol–water partition coefficient (Wildman–Crippen LogP) is 6.20. The third kappa shape index (κ3) is 11.7. The highest BCUT2D eigenvalue weighted by molar-refractivity contribution is 8.54. The molecule has 3 aliphatic heterocycles. The minimum absolute atomic E-state index is 0. The third-order valence-electron chi connectivity index (χ3n) is 10.0. The number of hydrogen-bond acceptors (Lipinski definition) is 18. The number of nitrogens with two attached hydrogens (primary N) is 1. The van der Waals surface area contributed by atoms with Crippen molar-refractivity contribution in [2.75, 3.05) is 18.9 Å². The maximum absolute atomic E-state index is 16.5. The molecule has 3 aliphatic rings. The minimum atomic E-state index is -5.26. The van der Waals surface area contributed by atoms with Gasteiger partial charge in [0.1, 0.15) is 53.9 Å². The molecule has 4 N–H and O–H groups in total. The fraction of sp³-hybridized carbons (Fsp3) is 0.273. The number of hydrogen-bond donors (Lipinski definition) is 3. The Labute approximate surface area is 411 Å². The van der Waals surface area contributed by atoms with E-state index in [9.17, 15) is 28.4 Å². The Morgan fingerprint density at radius 2 is 1.49 bits per heavy atom. The van der Waals surface area contributed by atoms with E-state index < -0.39 is 94.3 Å². The highest BCUT2D eigenvalue weighted by atomic mass is 32.7. The molecule has 5 aromatic rings. The summed E-state index contributed by atoms with van der Waals surface area (Å²) in [4.78, 5) is 62.3. The van der Waals surface area contributed by atoms with Crippen LogP contribution in [-0.4, -0.2) is 89.9 Å². The summed E-state index contributed by atoms with van der Waals surface area (Å²) in [7, 11) is -5.26. The topological polar surface area (TPSA) is 270 Å². The highest BCUT2D eigenvalue weighted by Gasteiger charge is 2.55. The van der Waals surface area contributed by atoms with Gasteiger partial charge in [0.25, 0.3) is 5.56 Å². The molecule has 0 amide bonds. The first-order valence-corrected chi connectivity index (χ1v) is 24.9. The maximum atomic E-state index is 16.5. The average molecular weight is 1030 g/mol. The van der Waals surface area contributed by atoms with Crippen molar-refractivity contribution in [3.8, 4) is 70.9 Å². The Hall–Kier alpha value is -7.07. The van der Waals surface area contributed by atoms with Gasteiger partial charge in [-0.3, -0.25) is 37.0 Å². The zero-order chi connectivity index (χ0) is 49.4. The number of phosphoric ester groups is 1. The molecule has 3 aromatic heterocycles. The molecule has 376 valence electrons. The average Bonchev–Trinajstić information content (AvgIpc) is 4.00. The molecule has 0 radical (unpaired) electrons. The molecule has 2 aromatic carbocycles. The fourth-order valence-corrected chi connectivity index (χ4v) is 11.1. The van der Waals surface area contributed by atoms with Crippen molar-refractivity contribution in [3.05, 3.63) is 105 Å². The van der Waals surface area contributed by atoms with Gasteiger partial charge in [0.2, 0.25) is 0 Å². The van der Waals surface area contributed by atoms with Crippen LogP contribution in [0.25, 0.3) is 11.2 Å². The van der Waals surface area contributed by atoms with Gasteiger partial charge in [-0.25, -0.2) is 42.5 Å². The van der Waals surface area contributed by atoms with Crippen LogP contribution in [0.4, 0.5) is 14.6 Å². The van der Waals surface area contributed by atoms with Crippen LogP contribution >= 0.6 is 26.0 Å². The number of halogens is 2. The van der Waals surface area contributed by atoms with Gasteiger partial charge in [0.15, 0.2) is 36.3 Å². The first kappa shape index (κ1) is 49.4. The summed E-state index contributed by atoms with van der Waals surface area (Å²) in [6, 6.07) is 12.8. The number of aromatic amines is 1. The van der Waals surface area contributed by atoms with Gasteiger partial charge in [0.05, 0.1) is 25.1 Å². The van der Waals surface area contributed by atoms with Gasteiger partial charge in [-0.15, -0.1) is 0 Å². The molecule has 70 heavy (non-hydrogen) atoms. The molecule has 10 atom stereocenters. The Kier molecular flexibility index (Phi) is 15.3. The van der Waals surface area contributed by atoms with Crippen LogP contribution in [0.3, 0.4) is 0 Å². The molecule has 8 rings (SSSR count). The van der Waals surface area contributed by atoms with Crippen LogP contribution in [0.5, 0.6) is 11.5 Å². The lowest BCUT2D eigenvalue weighted by Gasteiger charge is -2.29. The molecule has 3 fully saturated rings. The van der Waals surface area contributed by atoms with E-state index in [1.807, 2.05) is 4.98 Å². The van der Waals surface area contributed by atoms with Gasteiger partial charge in [-0.1, -0.05) is 18.1 Å². The molecule has 3 saturated heterocycles. The lowest BCUT2D eigenvalue weighted by Crippen LogP contribution is -2.38. The SMILES string of the molecule is CC#CC#CC#CC#CC#COc1ccc(C(=O)Oc2ccc(CS[P@]3(=O)OC[C@H]4O[C@@H](n5cnc6c(N)ncnc65)[C@H](F)[C@@H]4OP(=O)(O)OC[C@H]4O[C@@H](n5ccc(=O)[nH]c5=O)[C@H](F)[C@@H]4O3)cc2)cc1.[HH].[HH].[HH].[HH].[HH].[HH].[HH].[HH].[HH]. The van der Waals surface area contributed by atoms with Crippen LogP contribution < -0.4 is 26.5 Å². The Morgan fingerprint density at radius 3 is 2.17 bits per heavy atom. The molecule has 0 aliphatic carbocycles. The molecule has 0 bridgehead atoms. The zero-order valence-electron chi connectivity index (χ0n) is 35.8. The van der Waals surface area contributed by atoms with Gasteiger partial charge in [-0.2, -0.15) is 0 Å². The van der Waals surface area contributed by atoms with E-state index in [1.54, 1.807) is 6.92 Å². The number of aromatic nitrogens is 6. The van der Waals surface area contributed by atoms with E-state index in [2.05, 4.69) is 74.3 Å². The van der Waals surface area contributed by atoms with Crippen LogP contribution in [0.2, 0.25) is 0 Å². The summed E-state index contributed by atoms with van der Waals surface area (Å²) in [6.07, 6.45) is -9.57. The van der Waals surface area contributed by atoms with Crippen LogP contribution in [0.1, 0.15) is 48.1 Å². The van der Waals surface area contributed by atoms with Crippen molar-refractivity contribution in [2.24, 2.45) is 0 Å². The molecule has 0 saturated carbocycles. The quantitative estimate of drug-likeness (QED) is 0.0676. The van der Waals surface area contributed by atoms with E-state index in [1.165, 1.54) is 48.5 Å². The van der Waals surface area contributed by atoms with Crippen molar-refractivity contribution in [1.82, 2.24) is 29.1 Å². The number of nitrogen functional groups attached to an aromatic ring is 1. The van der Waals surface area contributed by atoms with Crippen LogP contribution in [-0.2, 0) is 42.5 Å². The lowest BCUT2D eigenvalue weighted by molar-refractivity contribution is -0.0619. The molecule has 26 heteroatoms. The number of nitrogens with zero attached hydrogens (tertiary/aromatic N) is 5. The number of alkyl halides is 2. The lowest BCUT2D eigenvalue weighted by atomic mass is 10.1. The second kappa shape index (κ2) is 21.7. The van der Waals surface area contributed by atoms with Gasteiger partial charge >= 0.3 is 26.3 Å². The number of carbonyl (C=O) groups excluding carboxylic acids is 1. The summed E-state index contributed by atoms with van der Waals surface area (Å²) < 4.78 is 108. The second-order valence-electron chi connectivity index (χ2n) is 14.6. The number of nitrogens with one attached hydrogen (secondary N) is 1. The first-order chi connectivity index (χ1) is 33.7. The number of carbonyl (C=O) groups is 1. The summed E-state index contributed by atoms with van der Waals surface area (Å²) in [5.41, 5.74) is 4.83. The summed E-state index contributed by atoms with van der Waals surface area (Å²) in [5, 5.41) is 0. The van der Waals surface area contributed by atoms with Crippen molar-refractivity contribution >= 4 is 49.0 Å². The number of benzene rings is 2. The van der Waals surface area contributed by atoms with E-state index >= 15 is 8.78 Å². The van der Waals surface area contributed by atoms with E-state index in [0.717, 1.165) is 29.5 Å². The third-order valence-corrected chi connectivity index (χ3v) is 14.7. The second-order valence-corrected chi connectivity index (χ2v) is 20.0. The largest absolute Gasteiger partial charge is 0.472 e. The zero-order valence-corrected chi connectivity index (χ0v) is 38.4. The van der Waals surface area contributed by atoms with Crippen molar-refractivity contribution < 1.29 is 77.5 Å². The number of rotatable bonds is 8. The summed E-state index contributed by atoms with van der Waals surface area (Å²) >= 11 is 0.565. The van der Waals surface area contributed by atoms with Crippen LogP contribution in [0, 0.1) is 59.4 Å². The van der Waals surface area contributed by atoms with Crippen molar-refractivity contribution in [2.45, 2.75) is 61.9 Å². The van der Waals surface area contributed by atoms with Gasteiger partial charge < -0.3 is 29.6 Å². The fourth-order valence-electron chi connectivity index (χ4n) is 6.80. The standard InChI is InChI=1S/C44H33F2N7O14P2S.9H2/c1-2-3-4-5-6-7-8-9-10-21-60-29-17-13-28(14-18-29)43(55)63-30-15-11-27(12-16-30)24-70-69(59)62-23-32-37(34(45)42(65-32)53-26-50-36-39(47)48-25-49-40(36)53)66-68(57,58)61-22-31-38(67-69)35(46)41(64-31)52-20-19-33(54)51-44(52)56;;;;;;;;;/h11-20,25-26,31-32,34-35,37-38,41-42H,22-24H2,1H3,(H,57,58)(H2,47,48,49)(H,51,54,56);9*1H/t31-,32-,34-,35-,37-,38-,41-,42-,69-;;;;;;;;;/m1........./s1. The minimum Gasteiger partial charge on any atom is -0.423 e. The smallest absolute Gasteiger partial charge is 0.423 e. The molecular formula is C44H51F2N7O14P2S. The highest BCUT2D eigenvalue weighted by Crippen LogP contribution is 2.65. The molecule has 1 unspecified atom stereocenters. The molecule has 21 nitrogen and oxygen atoms in total. The van der Waals surface area contributed by atoms with Gasteiger partial charge in [0, 0.05) is 54.5 Å². The molecule has 6 heterocycles. The Morgan fingerprint density at radius 1 is 0.857 bits per heavy atom. The predicted molar refractivity (Wildman–Crippen MR) is 261 cm³/mol. The number of ether oxygens (including phenoxy) is 4. The van der Waals surface area contributed by atoms with Crippen LogP contribution in [0.15, 0.2) is 83.0 Å². The van der Waals surface area contributed by atoms with Crippen molar-refractivity contribution in [3.63, 3.8) is 0 Å². The number of phosphoric acid groups is 1. The van der Waals surface area contributed by atoms with Crippen molar-refractivity contribution in [1.29, 1.82) is 0 Å². The maximum Gasteiger partial charge on any atom is 0.472 e. The molecular weight excluding hydrogens is 983 g/mol. The number of anilines is 1. The first-order valence-electron chi connectivity index (χ1n) is 20.3. The number of H-pyrrole nitrogens is 1.